The summed E-state index contributed by atoms with van der Waals surface area (Å²) in [5.41, 5.74) is -0.838. The van der Waals surface area contributed by atoms with Gasteiger partial charge >= 0.3 is 5.97 Å². The Morgan fingerprint density at radius 3 is 3.12 bits per heavy atom. The summed E-state index contributed by atoms with van der Waals surface area (Å²) in [6.45, 7) is 4.79. The molecule has 2 fully saturated rings. The Kier molecular flexibility index (Phi) is 5.56. The van der Waals surface area contributed by atoms with Crippen molar-refractivity contribution >= 4 is 11.9 Å². The fourth-order valence-corrected chi connectivity index (χ4v) is 3.82. The number of carbonyl (C=O) groups excluding carboxylic acids is 2. The summed E-state index contributed by atoms with van der Waals surface area (Å²) in [5.74, 6) is -0.255. The smallest absolute Gasteiger partial charge is 0.332 e. The molecule has 6 heteroatoms. The number of rotatable bonds is 2. The lowest BCUT2D eigenvalue weighted by molar-refractivity contribution is -0.149. The number of fused-ring (bicyclic) bond motifs is 2. The number of nitrogens with one attached hydrogen (secondary N) is 2. The molecule has 2 N–H and O–H groups in total. The van der Waals surface area contributed by atoms with Gasteiger partial charge in [0.15, 0.2) is 0 Å². The van der Waals surface area contributed by atoms with Gasteiger partial charge in [0.2, 0.25) is 5.91 Å². The summed E-state index contributed by atoms with van der Waals surface area (Å²) >= 11 is 0. The topological polar surface area (TPSA) is 70.7 Å². The second-order valence-electron chi connectivity index (χ2n) is 7.04. The lowest BCUT2D eigenvalue weighted by atomic mass is 10.1. The molecule has 3 atom stereocenters. The summed E-state index contributed by atoms with van der Waals surface area (Å²) in [7, 11) is 0. The van der Waals surface area contributed by atoms with Gasteiger partial charge in [0, 0.05) is 19.1 Å². The van der Waals surface area contributed by atoms with Gasteiger partial charge in [0.1, 0.15) is 5.54 Å². The van der Waals surface area contributed by atoms with Gasteiger partial charge in [-0.3, -0.25) is 9.69 Å². The maximum Gasteiger partial charge on any atom is 0.332 e. The van der Waals surface area contributed by atoms with Crippen LogP contribution in [0.1, 0.15) is 45.4 Å². The highest BCUT2D eigenvalue weighted by Crippen LogP contribution is 2.46. The van der Waals surface area contributed by atoms with Crippen molar-refractivity contribution in [3.8, 4) is 0 Å². The highest BCUT2D eigenvalue weighted by Gasteiger charge is 2.61. The lowest BCUT2D eigenvalue weighted by Gasteiger charge is -2.26. The zero-order valence-electron chi connectivity index (χ0n) is 14.6. The molecule has 0 bridgehead atoms. The standard InChI is InChI=1S/C18H29N3O3/c1-2-24-17(23)18-12-14(18)8-5-3-4-6-10-19-13-21-11-7-9-15(21)16(22)20-18/h5,8,14-15,19H,2-4,6-7,9-13H2,1H3,(H,20,22)/b8-5-. The first kappa shape index (κ1) is 17.4. The molecule has 6 nitrogen and oxygen atoms in total. The largest absolute Gasteiger partial charge is 0.464 e. The molecule has 3 rings (SSSR count). The van der Waals surface area contributed by atoms with Gasteiger partial charge in [-0.05, 0) is 52.0 Å². The van der Waals surface area contributed by atoms with Crippen LogP contribution in [0.25, 0.3) is 0 Å². The molecular weight excluding hydrogens is 306 g/mol. The normalized spacial score (nSPS) is 36.0. The van der Waals surface area contributed by atoms with Gasteiger partial charge in [0.05, 0.1) is 12.6 Å². The van der Waals surface area contributed by atoms with Crippen LogP contribution in [0.3, 0.4) is 0 Å². The quantitative estimate of drug-likeness (QED) is 0.586. The molecule has 2 aliphatic heterocycles. The maximum absolute atomic E-state index is 12.8. The molecule has 24 heavy (non-hydrogen) atoms. The Morgan fingerprint density at radius 1 is 1.42 bits per heavy atom. The van der Waals surface area contributed by atoms with Crippen LogP contribution in [0.2, 0.25) is 0 Å². The molecule has 0 radical (unpaired) electrons. The van der Waals surface area contributed by atoms with Gasteiger partial charge < -0.3 is 15.4 Å². The summed E-state index contributed by atoms with van der Waals surface area (Å²) < 4.78 is 5.24. The summed E-state index contributed by atoms with van der Waals surface area (Å²) in [6, 6.07) is -0.142. The van der Waals surface area contributed by atoms with Gasteiger partial charge in [-0.25, -0.2) is 4.79 Å². The number of allylic oxidation sites excluding steroid dienone is 1. The fraction of sp³-hybridized carbons (Fsp3) is 0.778. The lowest BCUT2D eigenvalue weighted by Crippen LogP contribution is -2.53. The second kappa shape index (κ2) is 7.66. The van der Waals surface area contributed by atoms with Crippen LogP contribution in [0.5, 0.6) is 0 Å². The van der Waals surface area contributed by atoms with Crippen molar-refractivity contribution < 1.29 is 14.3 Å². The van der Waals surface area contributed by atoms with E-state index in [9.17, 15) is 9.59 Å². The average Bonchev–Trinajstić information content (AvgIpc) is 3.04. The highest BCUT2D eigenvalue weighted by molar-refractivity contribution is 5.93. The van der Waals surface area contributed by atoms with Crippen LogP contribution >= 0.6 is 0 Å². The third kappa shape index (κ3) is 3.64. The molecule has 1 saturated carbocycles. The van der Waals surface area contributed by atoms with Crippen molar-refractivity contribution in [3.63, 3.8) is 0 Å². The van der Waals surface area contributed by atoms with Crippen LogP contribution in [0, 0.1) is 5.92 Å². The molecule has 134 valence electrons. The summed E-state index contributed by atoms with van der Waals surface area (Å²) in [5, 5.41) is 6.48. The number of amides is 1. The van der Waals surface area contributed by atoms with E-state index in [2.05, 4.69) is 27.7 Å². The molecule has 1 saturated heterocycles. The van der Waals surface area contributed by atoms with E-state index in [0.717, 1.165) is 51.9 Å². The minimum absolute atomic E-state index is 0.0321. The van der Waals surface area contributed by atoms with Crippen LogP contribution in [0.4, 0.5) is 0 Å². The van der Waals surface area contributed by atoms with Crippen molar-refractivity contribution in [3.05, 3.63) is 12.2 Å². The molecule has 3 aliphatic rings. The summed E-state index contributed by atoms with van der Waals surface area (Å²) in [6.07, 6.45) is 10.0. The number of ether oxygens (including phenoxy) is 1. The molecule has 0 aromatic heterocycles. The minimum Gasteiger partial charge on any atom is -0.464 e. The molecule has 0 aromatic rings. The van der Waals surface area contributed by atoms with Crippen molar-refractivity contribution in [1.29, 1.82) is 0 Å². The Hall–Kier alpha value is -1.40. The third-order valence-electron chi connectivity index (χ3n) is 5.32. The minimum atomic E-state index is -0.838. The molecular formula is C18H29N3O3. The van der Waals surface area contributed by atoms with E-state index in [1.54, 1.807) is 6.92 Å². The van der Waals surface area contributed by atoms with Gasteiger partial charge in [-0.1, -0.05) is 12.2 Å². The molecule has 0 aromatic carbocycles. The fourth-order valence-electron chi connectivity index (χ4n) is 3.82. The highest BCUT2D eigenvalue weighted by atomic mass is 16.5. The van der Waals surface area contributed by atoms with Gasteiger partial charge in [-0.15, -0.1) is 0 Å². The number of hydrogen-bond donors (Lipinski definition) is 2. The molecule has 0 spiro atoms. The van der Waals surface area contributed by atoms with E-state index in [4.69, 9.17) is 4.74 Å². The Morgan fingerprint density at radius 2 is 2.29 bits per heavy atom. The van der Waals surface area contributed by atoms with E-state index < -0.39 is 5.54 Å². The van der Waals surface area contributed by atoms with Crippen LogP contribution in [-0.4, -0.2) is 54.7 Å². The Bertz CT molecular complexity index is 508. The first-order chi connectivity index (χ1) is 11.7. The Labute approximate surface area is 144 Å². The van der Waals surface area contributed by atoms with Crippen molar-refractivity contribution in [2.75, 3.05) is 26.4 Å². The second-order valence-corrected chi connectivity index (χ2v) is 7.04. The monoisotopic (exact) mass is 335 g/mol. The molecule has 1 aliphatic carbocycles. The van der Waals surface area contributed by atoms with Crippen LogP contribution < -0.4 is 10.6 Å². The van der Waals surface area contributed by atoms with Crippen LogP contribution in [-0.2, 0) is 14.3 Å². The number of hydrogen-bond acceptors (Lipinski definition) is 5. The average molecular weight is 335 g/mol. The van der Waals surface area contributed by atoms with Crippen molar-refractivity contribution in [2.24, 2.45) is 5.92 Å². The molecule has 3 unspecified atom stereocenters. The number of carbonyl (C=O) groups is 2. The zero-order chi connectivity index (χ0) is 17.0. The zero-order valence-corrected chi connectivity index (χ0v) is 14.6. The SMILES string of the molecule is CCOC(=O)C12CC1/C=C\CCCCNCN1CCCC1C(=O)N2. The first-order valence-corrected chi connectivity index (χ1v) is 9.28. The van der Waals surface area contributed by atoms with Crippen LogP contribution in [0.15, 0.2) is 12.2 Å². The van der Waals surface area contributed by atoms with Crippen molar-refractivity contribution in [2.45, 2.75) is 57.0 Å². The van der Waals surface area contributed by atoms with E-state index in [1.807, 2.05) is 0 Å². The van der Waals surface area contributed by atoms with E-state index in [0.29, 0.717) is 13.0 Å². The summed E-state index contributed by atoms with van der Waals surface area (Å²) in [4.78, 5) is 27.4. The van der Waals surface area contributed by atoms with E-state index >= 15 is 0 Å². The third-order valence-corrected chi connectivity index (χ3v) is 5.32. The molecule has 2 heterocycles. The van der Waals surface area contributed by atoms with Crippen molar-refractivity contribution in [1.82, 2.24) is 15.5 Å². The predicted molar refractivity (Wildman–Crippen MR) is 91.2 cm³/mol. The predicted octanol–water partition coefficient (Wildman–Crippen LogP) is 1.18. The van der Waals surface area contributed by atoms with Gasteiger partial charge in [-0.2, -0.15) is 0 Å². The first-order valence-electron chi connectivity index (χ1n) is 9.28. The number of esters is 1. The maximum atomic E-state index is 12.8. The Balaban J connectivity index is 1.76. The molecule has 1 amide bonds. The van der Waals surface area contributed by atoms with E-state index in [1.165, 1.54) is 0 Å². The van der Waals surface area contributed by atoms with E-state index in [-0.39, 0.29) is 23.8 Å². The number of nitrogens with zero attached hydrogens (tertiary/aromatic N) is 1. The van der Waals surface area contributed by atoms with Gasteiger partial charge in [0.25, 0.3) is 0 Å².